The van der Waals surface area contributed by atoms with Crippen LogP contribution in [-0.4, -0.2) is 11.8 Å². The monoisotopic (exact) mass is 332 g/mol. The summed E-state index contributed by atoms with van der Waals surface area (Å²) >= 11 is 3.29. The second-order valence-corrected chi connectivity index (χ2v) is 5.32. The number of hydrogen-bond acceptors (Lipinski definition) is 3. The molecule has 0 aromatic heterocycles. The lowest BCUT2D eigenvalue weighted by Crippen LogP contribution is -2.12. The Bertz CT molecular complexity index is 677. The number of halogens is 1. The molecule has 0 unspecified atom stereocenters. The normalized spacial score (nSPS) is 10.2. The standard InChI is InChI=1S/C16H13BrO3/c1-10-5-3-4-6-13(10)16(19)20-15-8-7-12(17)9-14(15)11(2)18/h3-9H,1-2H3. The number of carbonyl (C=O) groups is 2. The number of ether oxygens (including phenoxy) is 1. The van der Waals surface area contributed by atoms with Crippen molar-refractivity contribution in [1.82, 2.24) is 0 Å². The number of carbonyl (C=O) groups excluding carboxylic acids is 2. The molecule has 0 heterocycles. The maximum absolute atomic E-state index is 12.1. The first-order valence-electron chi connectivity index (χ1n) is 6.07. The summed E-state index contributed by atoms with van der Waals surface area (Å²) in [5.74, 6) is -0.347. The number of Topliss-reactive ketones (excluding diaryl/α,β-unsaturated/α-hetero) is 1. The zero-order valence-corrected chi connectivity index (χ0v) is 12.7. The van der Waals surface area contributed by atoms with Crippen LogP contribution in [0.15, 0.2) is 46.9 Å². The predicted octanol–water partition coefficient (Wildman–Crippen LogP) is 4.18. The first-order valence-corrected chi connectivity index (χ1v) is 6.86. The van der Waals surface area contributed by atoms with E-state index in [1.165, 1.54) is 6.92 Å². The molecule has 0 aliphatic rings. The molecule has 2 aromatic carbocycles. The van der Waals surface area contributed by atoms with Crippen LogP contribution in [0.4, 0.5) is 0 Å². The van der Waals surface area contributed by atoms with E-state index in [2.05, 4.69) is 15.9 Å². The summed E-state index contributed by atoms with van der Waals surface area (Å²) in [7, 11) is 0. The van der Waals surface area contributed by atoms with Crippen LogP contribution in [0.1, 0.15) is 33.2 Å². The molecule has 0 N–H and O–H groups in total. The van der Waals surface area contributed by atoms with Gasteiger partial charge in [-0.15, -0.1) is 0 Å². The van der Waals surface area contributed by atoms with Crippen molar-refractivity contribution in [3.05, 3.63) is 63.6 Å². The van der Waals surface area contributed by atoms with Crippen molar-refractivity contribution in [2.75, 3.05) is 0 Å². The highest BCUT2D eigenvalue weighted by Crippen LogP contribution is 2.25. The Balaban J connectivity index is 2.33. The maximum Gasteiger partial charge on any atom is 0.343 e. The average molecular weight is 333 g/mol. The maximum atomic E-state index is 12.1. The molecule has 0 saturated heterocycles. The van der Waals surface area contributed by atoms with Crippen molar-refractivity contribution in [3.8, 4) is 5.75 Å². The van der Waals surface area contributed by atoms with E-state index in [0.29, 0.717) is 11.1 Å². The van der Waals surface area contributed by atoms with E-state index >= 15 is 0 Å². The molecular weight excluding hydrogens is 320 g/mol. The lowest BCUT2D eigenvalue weighted by molar-refractivity contribution is 0.0732. The summed E-state index contributed by atoms with van der Waals surface area (Å²) in [4.78, 5) is 23.7. The van der Waals surface area contributed by atoms with Crippen LogP contribution in [0.5, 0.6) is 5.75 Å². The summed E-state index contributed by atoms with van der Waals surface area (Å²) in [5.41, 5.74) is 1.70. The van der Waals surface area contributed by atoms with Crippen molar-refractivity contribution in [2.24, 2.45) is 0 Å². The van der Waals surface area contributed by atoms with Crippen LogP contribution in [0.25, 0.3) is 0 Å². The van der Waals surface area contributed by atoms with E-state index in [-0.39, 0.29) is 11.5 Å². The van der Waals surface area contributed by atoms with Crippen molar-refractivity contribution < 1.29 is 14.3 Å². The fourth-order valence-corrected chi connectivity index (χ4v) is 2.18. The molecule has 0 radical (unpaired) electrons. The molecule has 0 bridgehead atoms. The van der Waals surface area contributed by atoms with Crippen LogP contribution in [0, 0.1) is 6.92 Å². The third-order valence-electron chi connectivity index (χ3n) is 2.89. The molecule has 0 fully saturated rings. The van der Waals surface area contributed by atoms with Gasteiger partial charge in [-0.1, -0.05) is 34.1 Å². The minimum atomic E-state index is -0.465. The van der Waals surface area contributed by atoms with Crippen molar-refractivity contribution >= 4 is 27.7 Å². The van der Waals surface area contributed by atoms with Gasteiger partial charge in [-0.3, -0.25) is 4.79 Å². The minimum Gasteiger partial charge on any atom is -0.422 e. The molecule has 2 aromatic rings. The Morgan fingerprint density at radius 1 is 1.05 bits per heavy atom. The SMILES string of the molecule is CC(=O)c1cc(Br)ccc1OC(=O)c1ccccc1C. The van der Waals surface area contributed by atoms with Crippen LogP contribution in [0.3, 0.4) is 0 Å². The van der Waals surface area contributed by atoms with Crippen LogP contribution >= 0.6 is 15.9 Å². The molecule has 3 nitrogen and oxygen atoms in total. The second-order valence-electron chi connectivity index (χ2n) is 4.40. The Labute approximate surface area is 125 Å². The predicted molar refractivity (Wildman–Crippen MR) is 80.3 cm³/mol. The first kappa shape index (κ1) is 14.5. The Kier molecular flexibility index (Phi) is 4.35. The molecule has 0 amide bonds. The van der Waals surface area contributed by atoms with E-state index < -0.39 is 5.97 Å². The zero-order valence-electron chi connectivity index (χ0n) is 11.1. The number of esters is 1. The Morgan fingerprint density at radius 2 is 1.75 bits per heavy atom. The number of benzene rings is 2. The first-order chi connectivity index (χ1) is 9.49. The van der Waals surface area contributed by atoms with Gasteiger partial charge in [0.05, 0.1) is 11.1 Å². The number of hydrogen-bond donors (Lipinski definition) is 0. The lowest BCUT2D eigenvalue weighted by atomic mass is 10.1. The highest BCUT2D eigenvalue weighted by Gasteiger charge is 2.15. The Hall–Kier alpha value is -1.94. The molecule has 20 heavy (non-hydrogen) atoms. The van der Waals surface area contributed by atoms with Gasteiger partial charge in [-0.2, -0.15) is 0 Å². The van der Waals surface area contributed by atoms with Crippen molar-refractivity contribution in [1.29, 1.82) is 0 Å². The van der Waals surface area contributed by atoms with E-state index in [9.17, 15) is 9.59 Å². The fourth-order valence-electron chi connectivity index (χ4n) is 1.82. The zero-order chi connectivity index (χ0) is 14.7. The lowest BCUT2D eigenvalue weighted by Gasteiger charge is -2.10. The van der Waals surface area contributed by atoms with Gasteiger partial charge in [-0.25, -0.2) is 4.79 Å². The topological polar surface area (TPSA) is 43.4 Å². The molecule has 0 aliphatic carbocycles. The highest BCUT2D eigenvalue weighted by molar-refractivity contribution is 9.10. The van der Waals surface area contributed by atoms with E-state index in [4.69, 9.17) is 4.74 Å². The van der Waals surface area contributed by atoms with E-state index in [0.717, 1.165) is 10.0 Å². The molecule has 4 heteroatoms. The summed E-state index contributed by atoms with van der Waals surface area (Å²) in [6, 6.07) is 12.1. The average Bonchev–Trinajstić information content (AvgIpc) is 2.41. The van der Waals surface area contributed by atoms with Gasteiger partial charge in [-0.05, 0) is 43.7 Å². The van der Waals surface area contributed by atoms with Crippen LogP contribution in [0.2, 0.25) is 0 Å². The molecule has 102 valence electrons. The van der Waals surface area contributed by atoms with E-state index in [1.807, 2.05) is 19.1 Å². The number of ketones is 1. The Morgan fingerprint density at radius 3 is 2.40 bits per heavy atom. The fraction of sp³-hybridized carbons (Fsp3) is 0.125. The number of rotatable bonds is 3. The van der Waals surface area contributed by atoms with E-state index in [1.54, 1.807) is 30.3 Å². The quantitative estimate of drug-likeness (QED) is 0.481. The number of aryl methyl sites for hydroxylation is 1. The van der Waals surface area contributed by atoms with Crippen molar-refractivity contribution in [3.63, 3.8) is 0 Å². The third-order valence-corrected chi connectivity index (χ3v) is 3.38. The minimum absolute atomic E-state index is 0.154. The van der Waals surface area contributed by atoms with Gasteiger partial charge in [0, 0.05) is 4.47 Å². The molecule has 2 rings (SSSR count). The smallest absolute Gasteiger partial charge is 0.343 e. The van der Waals surface area contributed by atoms with Gasteiger partial charge in [0.2, 0.25) is 0 Å². The van der Waals surface area contributed by atoms with Gasteiger partial charge in [0.1, 0.15) is 5.75 Å². The van der Waals surface area contributed by atoms with Gasteiger partial charge in [0.25, 0.3) is 0 Å². The summed E-state index contributed by atoms with van der Waals surface area (Å²) in [5, 5.41) is 0. The van der Waals surface area contributed by atoms with Crippen LogP contribution < -0.4 is 4.74 Å². The molecular formula is C16H13BrO3. The van der Waals surface area contributed by atoms with Gasteiger partial charge >= 0.3 is 5.97 Å². The molecule has 0 aliphatic heterocycles. The van der Waals surface area contributed by atoms with Crippen LogP contribution in [-0.2, 0) is 0 Å². The molecule has 0 spiro atoms. The third kappa shape index (κ3) is 3.14. The van der Waals surface area contributed by atoms with Crippen molar-refractivity contribution in [2.45, 2.75) is 13.8 Å². The highest BCUT2D eigenvalue weighted by atomic mass is 79.9. The largest absolute Gasteiger partial charge is 0.422 e. The van der Waals surface area contributed by atoms with Gasteiger partial charge < -0.3 is 4.74 Å². The van der Waals surface area contributed by atoms with Gasteiger partial charge in [0.15, 0.2) is 5.78 Å². The summed E-state index contributed by atoms with van der Waals surface area (Å²) in [6.45, 7) is 3.27. The second kappa shape index (κ2) is 6.01. The summed E-state index contributed by atoms with van der Waals surface area (Å²) < 4.78 is 6.11. The molecule has 0 atom stereocenters. The molecule has 0 saturated carbocycles. The summed E-state index contributed by atoms with van der Waals surface area (Å²) in [6.07, 6.45) is 0.